The molecule has 1 fully saturated rings. The number of nitrogens with one attached hydrogen (secondary N) is 2. The van der Waals surface area contributed by atoms with Gasteiger partial charge in [-0.3, -0.25) is 9.59 Å². The molecular formula is C14H18F2N3O2+. The lowest BCUT2D eigenvalue weighted by molar-refractivity contribution is -0.897. The van der Waals surface area contributed by atoms with Crippen LogP contribution in [-0.2, 0) is 9.59 Å². The molecule has 1 aliphatic rings. The Hall–Kier alpha value is -2.02. The molecule has 0 atom stereocenters. The molecule has 1 heterocycles. The number of nitrogens with two attached hydrogens (primary N) is 1. The maximum absolute atomic E-state index is 13.4. The van der Waals surface area contributed by atoms with Gasteiger partial charge in [0.1, 0.15) is 11.6 Å². The Kier molecular flexibility index (Phi) is 4.85. The summed E-state index contributed by atoms with van der Waals surface area (Å²) in [6.45, 7) is 1.47. The van der Waals surface area contributed by atoms with E-state index in [1.807, 2.05) is 0 Å². The quantitative estimate of drug-likeness (QED) is 0.713. The van der Waals surface area contributed by atoms with E-state index in [2.05, 4.69) is 5.32 Å². The second-order valence-corrected chi connectivity index (χ2v) is 5.28. The van der Waals surface area contributed by atoms with Gasteiger partial charge >= 0.3 is 0 Å². The number of carbonyl (C=O) groups excluding carboxylic acids is 2. The van der Waals surface area contributed by atoms with Gasteiger partial charge in [-0.15, -0.1) is 0 Å². The van der Waals surface area contributed by atoms with Crippen LogP contribution < -0.4 is 16.0 Å². The number of likely N-dealkylation sites (tertiary alicyclic amines) is 1. The first-order valence-corrected chi connectivity index (χ1v) is 6.83. The summed E-state index contributed by atoms with van der Waals surface area (Å²) in [6, 6.07) is 2.91. The smallest absolute Gasteiger partial charge is 0.279 e. The normalized spacial score (nSPS) is 21.8. The molecule has 4 N–H and O–H groups in total. The molecule has 21 heavy (non-hydrogen) atoms. The van der Waals surface area contributed by atoms with Gasteiger partial charge in [-0.1, -0.05) is 0 Å². The number of piperidine rings is 1. The summed E-state index contributed by atoms with van der Waals surface area (Å²) in [7, 11) is 0. The topological polar surface area (TPSA) is 76.6 Å². The summed E-state index contributed by atoms with van der Waals surface area (Å²) in [5, 5.41) is 2.37. The van der Waals surface area contributed by atoms with E-state index >= 15 is 0 Å². The van der Waals surface area contributed by atoms with Crippen LogP contribution in [0.1, 0.15) is 12.8 Å². The van der Waals surface area contributed by atoms with Crippen molar-refractivity contribution in [2.24, 2.45) is 11.7 Å². The van der Waals surface area contributed by atoms with Crippen molar-refractivity contribution in [2.45, 2.75) is 12.8 Å². The van der Waals surface area contributed by atoms with Gasteiger partial charge in [-0.25, -0.2) is 8.78 Å². The Morgan fingerprint density at radius 3 is 2.57 bits per heavy atom. The van der Waals surface area contributed by atoms with Crippen LogP contribution in [0, 0.1) is 17.6 Å². The SMILES string of the molecule is NC(=O)C1CC[NH+](CC(=O)Nc2cc(F)ccc2F)CC1. The number of amides is 2. The minimum atomic E-state index is -0.674. The number of carbonyl (C=O) groups is 2. The minimum Gasteiger partial charge on any atom is -0.369 e. The van der Waals surface area contributed by atoms with Crippen LogP contribution in [0.25, 0.3) is 0 Å². The number of primary amides is 1. The molecule has 2 amide bonds. The molecule has 114 valence electrons. The van der Waals surface area contributed by atoms with Crippen LogP contribution in [0.5, 0.6) is 0 Å². The second kappa shape index (κ2) is 6.62. The highest BCUT2D eigenvalue weighted by Gasteiger charge is 2.27. The molecule has 1 aromatic carbocycles. The molecule has 7 heteroatoms. The summed E-state index contributed by atoms with van der Waals surface area (Å²) >= 11 is 0. The standard InChI is InChI=1S/C14H17F2N3O2/c15-10-1-2-11(16)12(7-10)18-13(20)8-19-5-3-9(4-6-19)14(17)21/h1-2,7,9H,3-6,8H2,(H2,17,21)(H,18,20)/p+1. The average molecular weight is 298 g/mol. The molecule has 1 saturated heterocycles. The zero-order valence-electron chi connectivity index (χ0n) is 11.5. The fraction of sp³-hybridized carbons (Fsp3) is 0.429. The molecule has 0 unspecified atom stereocenters. The van der Waals surface area contributed by atoms with Gasteiger partial charge in [-0.05, 0) is 12.1 Å². The maximum atomic E-state index is 13.4. The molecule has 2 rings (SSSR count). The zero-order chi connectivity index (χ0) is 15.4. The fourth-order valence-corrected chi connectivity index (χ4v) is 2.50. The first kappa shape index (κ1) is 15.4. The van der Waals surface area contributed by atoms with Gasteiger partial charge in [0.2, 0.25) is 5.91 Å². The van der Waals surface area contributed by atoms with Gasteiger partial charge < -0.3 is 16.0 Å². The number of anilines is 1. The monoisotopic (exact) mass is 298 g/mol. The van der Waals surface area contributed by atoms with E-state index in [0.29, 0.717) is 25.9 Å². The number of halogens is 2. The van der Waals surface area contributed by atoms with Crippen molar-refractivity contribution in [3.05, 3.63) is 29.8 Å². The van der Waals surface area contributed by atoms with Crippen LogP contribution in [0.4, 0.5) is 14.5 Å². The Morgan fingerprint density at radius 1 is 1.29 bits per heavy atom. The lowest BCUT2D eigenvalue weighted by Crippen LogP contribution is -3.14. The number of benzene rings is 1. The Balaban J connectivity index is 1.85. The predicted octanol–water partition coefficient (Wildman–Crippen LogP) is -0.316. The summed E-state index contributed by atoms with van der Waals surface area (Å²) < 4.78 is 26.4. The fourth-order valence-electron chi connectivity index (χ4n) is 2.50. The lowest BCUT2D eigenvalue weighted by Gasteiger charge is -2.27. The molecule has 0 spiro atoms. The van der Waals surface area contributed by atoms with Crippen molar-refractivity contribution in [1.29, 1.82) is 0 Å². The van der Waals surface area contributed by atoms with Crippen molar-refractivity contribution in [2.75, 3.05) is 25.0 Å². The number of hydrogen-bond acceptors (Lipinski definition) is 2. The van der Waals surface area contributed by atoms with Crippen molar-refractivity contribution in [3.8, 4) is 0 Å². The average Bonchev–Trinajstić information content (AvgIpc) is 2.43. The van der Waals surface area contributed by atoms with Crippen molar-refractivity contribution in [1.82, 2.24) is 0 Å². The molecule has 0 aliphatic carbocycles. The Labute approximate surface area is 121 Å². The molecule has 1 aromatic rings. The zero-order valence-corrected chi connectivity index (χ0v) is 11.5. The molecule has 0 radical (unpaired) electrons. The largest absolute Gasteiger partial charge is 0.369 e. The van der Waals surface area contributed by atoms with E-state index in [1.54, 1.807) is 0 Å². The van der Waals surface area contributed by atoms with E-state index in [-0.39, 0.29) is 30.0 Å². The third-order valence-electron chi connectivity index (χ3n) is 3.71. The summed E-state index contributed by atoms with van der Waals surface area (Å²) in [6.07, 6.45) is 1.29. The van der Waals surface area contributed by atoms with Crippen LogP contribution in [0.15, 0.2) is 18.2 Å². The van der Waals surface area contributed by atoms with Gasteiger partial charge in [0.15, 0.2) is 6.54 Å². The molecule has 5 nitrogen and oxygen atoms in total. The predicted molar refractivity (Wildman–Crippen MR) is 72.5 cm³/mol. The van der Waals surface area contributed by atoms with E-state index in [1.165, 1.54) is 0 Å². The van der Waals surface area contributed by atoms with E-state index in [9.17, 15) is 18.4 Å². The Morgan fingerprint density at radius 2 is 1.95 bits per heavy atom. The van der Waals surface area contributed by atoms with E-state index in [0.717, 1.165) is 23.1 Å². The minimum absolute atomic E-state index is 0.127. The number of hydrogen-bond donors (Lipinski definition) is 3. The molecular weight excluding hydrogens is 280 g/mol. The van der Waals surface area contributed by atoms with Crippen molar-refractivity contribution < 1.29 is 23.3 Å². The Bertz CT molecular complexity index is 543. The second-order valence-electron chi connectivity index (χ2n) is 5.28. The summed E-state index contributed by atoms with van der Waals surface area (Å²) in [5.41, 5.74) is 5.08. The highest BCUT2D eigenvalue weighted by atomic mass is 19.1. The van der Waals surface area contributed by atoms with Crippen LogP contribution in [0.2, 0.25) is 0 Å². The van der Waals surface area contributed by atoms with Gasteiger partial charge in [0, 0.05) is 24.8 Å². The molecule has 0 saturated carbocycles. The summed E-state index contributed by atoms with van der Waals surface area (Å²) in [5.74, 6) is -2.10. The van der Waals surface area contributed by atoms with Crippen LogP contribution in [-0.4, -0.2) is 31.4 Å². The molecule has 0 bridgehead atoms. The third kappa shape index (κ3) is 4.22. The maximum Gasteiger partial charge on any atom is 0.279 e. The number of quaternary nitrogens is 1. The van der Waals surface area contributed by atoms with E-state index in [4.69, 9.17) is 5.73 Å². The molecule has 1 aliphatic heterocycles. The highest BCUT2D eigenvalue weighted by Crippen LogP contribution is 2.14. The molecule has 0 aromatic heterocycles. The van der Waals surface area contributed by atoms with Gasteiger partial charge in [-0.2, -0.15) is 0 Å². The first-order chi connectivity index (χ1) is 9.95. The van der Waals surface area contributed by atoms with Gasteiger partial charge in [0.05, 0.1) is 18.8 Å². The van der Waals surface area contributed by atoms with Crippen LogP contribution in [0.3, 0.4) is 0 Å². The number of rotatable bonds is 4. The van der Waals surface area contributed by atoms with E-state index < -0.39 is 11.6 Å². The summed E-state index contributed by atoms with van der Waals surface area (Å²) in [4.78, 5) is 23.9. The first-order valence-electron chi connectivity index (χ1n) is 6.83. The highest BCUT2D eigenvalue weighted by molar-refractivity contribution is 5.91. The van der Waals surface area contributed by atoms with Crippen molar-refractivity contribution >= 4 is 17.5 Å². The lowest BCUT2D eigenvalue weighted by atomic mass is 9.96. The van der Waals surface area contributed by atoms with Crippen molar-refractivity contribution in [3.63, 3.8) is 0 Å². The van der Waals surface area contributed by atoms with Crippen LogP contribution >= 0.6 is 0 Å². The van der Waals surface area contributed by atoms with Gasteiger partial charge in [0.25, 0.3) is 5.91 Å². The third-order valence-corrected chi connectivity index (χ3v) is 3.71.